The fourth-order valence-corrected chi connectivity index (χ4v) is 10.9. The summed E-state index contributed by atoms with van der Waals surface area (Å²) in [4.78, 5) is 67.1. The number of methoxy groups -OCH3 is 2. The number of nitrogens with two attached hydrogens (primary N) is 1. The minimum atomic E-state index is -1.08. The number of likely N-dealkylation sites (tertiary alicyclic amines) is 1. The fraction of sp³-hybridized carbons (Fsp3) is 0.442. The van der Waals surface area contributed by atoms with Crippen LogP contribution in [-0.2, 0) is 15.2 Å². The third-order valence-corrected chi connectivity index (χ3v) is 14.9. The van der Waals surface area contributed by atoms with Crippen molar-refractivity contribution in [1.82, 2.24) is 20.9 Å². The molecule has 0 aromatic heterocycles. The minimum absolute atomic E-state index is 0.0125. The number of amides is 6. The van der Waals surface area contributed by atoms with Gasteiger partial charge in [-0.25, -0.2) is 13.6 Å². The summed E-state index contributed by atoms with van der Waals surface area (Å²) in [5.74, 6) is -2.67. The number of unbranched alkanes of at least 4 members (excludes halogenated alkanes) is 1. The molecule has 8 rings (SSSR count). The number of piperidine rings is 1. The first-order valence-corrected chi connectivity index (χ1v) is 24.1. The highest BCUT2D eigenvalue weighted by Crippen LogP contribution is 2.56. The molecule has 2 atom stereocenters. The fourth-order valence-electron chi connectivity index (χ4n) is 10.6. The largest absolute Gasteiger partial charge is 0.495 e. The molecule has 4 aromatic carbocycles. The van der Waals surface area contributed by atoms with E-state index in [4.69, 9.17) is 31.5 Å². The van der Waals surface area contributed by atoms with Crippen LogP contribution in [0.15, 0.2) is 66.7 Å². The van der Waals surface area contributed by atoms with Crippen LogP contribution in [0.2, 0.25) is 5.02 Å². The average molecular weight is 970 g/mol. The molecule has 14 nitrogen and oxygen atoms in total. The van der Waals surface area contributed by atoms with Gasteiger partial charge >= 0.3 is 6.03 Å². The van der Waals surface area contributed by atoms with Gasteiger partial charge in [0.25, 0.3) is 5.91 Å². The van der Waals surface area contributed by atoms with E-state index >= 15 is 8.78 Å². The molecule has 5 N–H and O–H groups in total. The molecular weight excluding hydrogens is 910 g/mol. The Bertz CT molecular complexity index is 2600. The molecule has 69 heavy (non-hydrogen) atoms. The summed E-state index contributed by atoms with van der Waals surface area (Å²) in [5, 5.41) is 8.64. The maximum atomic E-state index is 16.2. The number of hydrogen-bond donors (Lipinski definition) is 4. The van der Waals surface area contributed by atoms with E-state index in [1.54, 1.807) is 18.2 Å². The number of carbonyl (C=O) groups is 5. The van der Waals surface area contributed by atoms with Crippen molar-refractivity contribution in [1.29, 1.82) is 0 Å². The van der Waals surface area contributed by atoms with Crippen molar-refractivity contribution in [3.63, 3.8) is 0 Å². The van der Waals surface area contributed by atoms with Gasteiger partial charge in [-0.2, -0.15) is 0 Å². The van der Waals surface area contributed by atoms with E-state index in [0.29, 0.717) is 41.6 Å². The molecule has 2 saturated heterocycles. The van der Waals surface area contributed by atoms with Crippen molar-refractivity contribution in [3.8, 4) is 28.4 Å². The summed E-state index contributed by atoms with van der Waals surface area (Å²) < 4.78 is 49.4. The third-order valence-electron chi connectivity index (χ3n) is 14.5. The zero-order valence-electron chi connectivity index (χ0n) is 39.1. The Kier molecular flexibility index (Phi) is 15.1. The summed E-state index contributed by atoms with van der Waals surface area (Å²) >= 11 is 6.68. The molecule has 6 amide bonds. The maximum absolute atomic E-state index is 16.2. The van der Waals surface area contributed by atoms with Gasteiger partial charge in [0.05, 0.1) is 30.5 Å². The van der Waals surface area contributed by atoms with Gasteiger partial charge in [0.1, 0.15) is 17.3 Å². The number of ether oxygens (including phenoxy) is 3. The molecule has 3 heterocycles. The van der Waals surface area contributed by atoms with Crippen LogP contribution in [0.3, 0.4) is 0 Å². The van der Waals surface area contributed by atoms with E-state index < -0.39 is 35.1 Å². The molecule has 4 aromatic rings. The molecule has 3 aliphatic heterocycles. The van der Waals surface area contributed by atoms with Crippen molar-refractivity contribution in [2.75, 3.05) is 51.8 Å². The van der Waals surface area contributed by atoms with Gasteiger partial charge in [-0.05, 0) is 86.8 Å². The van der Waals surface area contributed by atoms with Gasteiger partial charge in [-0.3, -0.25) is 29.4 Å². The van der Waals surface area contributed by atoms with Crippen molar-refractivity contribution in [2.45, 2.75) is 88.7 Å². The van der Waals surface area contributed by atoms with E-state index in [2.05, 4.69) is 16.0 Å². The Morgan fingerprint density at radius 1 is 0.899 bits per heavy atom. The summed E-state index contributed by atoms with van der Waals surface area (Å²) in [6, 6.07) is 17.8. The van der Waals surface area contributed by atoms with Crippen molar-refractivity contribution in [3.05, 3.63) is 106 Å². The van der Waals surface area contributed by atoms with E-state index in [1.807, 2.05) is 42.2 Å². The number of primary amides is 1. The SMILES string of the molecule is COc1ccc(C(=O)NCCCCC2CCN(C(=O)C3CCC(NC[C@]4(c5ccccc5)Oc5cc(F)c(Cl)c(-c6c(C(N)=O)ccc(OC)c6F)c5[C@@H]4C)CC3)CC2)cc1N1CCC(=O)NC1=O. The maximum Gasteiger partial charge on any atom is 0.328 e. The number of halogens is 3. The van der Waals surface area contributed by atoms with Crippen LogP contribution in [0, 0.1) is 23.5 Å². The number of nitrogens with one attached hydrogen (secondary N) is 3. The lowest BCUT2D eigenvalue weighted by Gasteiger charge is -2.38. The Hall–Kier alpha value is -6.26. The Balaban J connectivity index is 0.822. The highest BCUT2D eigenvalue weighted by Gasteiger charge is 2.50. The first-order valence-electron chi connectivity index (χ1n) is 23.8. The standard InChI is InChI=1S/C52H59ClF2N6O8/c1-30-43-41(28-37(54)46(53)45(43)44-36(48(56)63)17-19-40(68-3)47(44)55)69-52(30,34-10-5-4-6-11-34)29-58-35-15-12-32(13-16-35)50(65)60-24-20-31(21-25-60)9-7-8-23-57-49(64)33-14-18-39(67-2)38(27-33)61-26-22-42(62)59-51(61)66/h4-6,10-11,14,17-19,27-28,30-32,35,58H,7-9,12-13,15-16,20-26,29H2,1-3H3,(H2,56,63)(H,57,64)(H,59,62,66)/t30-,32?,35?,52-/m0/s1. The first kappa shape index (κ1) is 49.2. The van der Waals surface area contributed by atoms with Gasteiger partial charge in [-0.1, -0.05) is 61.7 Å². The predicted octanol–water partition coefficient (Wildman–Crippen LogP) is 8.23. The summed E-state index contributed by atoms with van der Waals surface area (Å²) in [6.45, 7) is 4.38. The number of carbonyl (C=O) groups excluding carboxylic acids is 5. The molecule has 0 radical (unpaired) electrons. The molecular formula is C52H59ClF2N6O8. The highest BCUT2D eigenvalue weighted by molar-refractivity contribution is 6.34. The molecule has 17 heteroatoms. The second-order valence-corrected chi connectivity index (χ2v) is 18.9. The Labute approximate surface area is 405 Å². The van der Waals surface area contributed by atoms with Gasteiger partial charge in [-0.15, -0.1) is 0 Å². The van der Waals surface area contributed by atoms with Crippen LogP contribution in [0.4, 0.5) is 19.3 Å². The van der Waals surface area contributed by atoms with Gasteiger partial charge in [0.2, 0.25) is 17.7 Å². The lowest BCUT2D eigenvalue weighted by molar-refractivity contribution is -0.138. The number of anilines is 1. The van der Waals surface area contributed by atoms with Crippen LogP contribution < -0.4 is 40.8 Å². The van der Waals surface area contributed by atoms with E-state index in [9.17, 15) is 24.0 Å². The van der Waals surface area contributed by atoms with Gasteiger partial charge < -0.3 is 35.5 Å². The van der Waals surface area contributed by atoms with E-state index in [-0.39, 0.29) is 75.9 Å². The van der Waals surface area contributed by atoms with Crippen molar-refractivity contribution >= 4 is 46.9 Å². The Morgan fingerprint density at radius 3 is 2.29 bits per heavy atom. The van der Waals surface area contributed by atoms with Crippen molar-refractivity contribution < 1.29 is 47.0 Å². The zero-order chi connectivity index (χ0) is 49.0. The van der Waals surface area contributed by atoms with Gasteiger partial charge in [0.15, 0.2) is 17.2 Å². The van der Waals surface area contributed by atoms with Crippen LogP contribution >= 0.6 is 11.6 Å². The Morgan fingerprint density at radius 2 is 1.61 bits per heavy atom. The topological polar surface area (TPSA) is 182 Å². The number of imide groups is 1. The molecule has 1 aliphatic carbocycles. The molecule has 1 saturated carbocycles. The number of urea groups is 1. The summed E-state index contributed by atoms with van der Waals surface area (Å²) in [5.41, 5.74) is 6.28. The van der Waals surface area contributed by atoms with E-state index in [1.165, 1.54) is 37.3 Å². The van der Waals surface area contributed by atoms with Crippen LogP contribution in [0.25, 0.3) is 11.1 Å². The number of benzene rings is 4. The molecule has 0 unspecified atom stereocenters. The minimum Gasteiger partial charge on any atom is -0.495 e. The van der Waals surface area contributed by atoms with E-state index in [0.717, 1.165) is 76.4 Å². The van der Waals surface area contributed by atoms with Crippen LogP contribution in [-0.4, -0.2) is 87.5 Å². The first-order chi connectivity index (χ1) is 33.2. The average Bonchev–Trinajstić information content (AvgIpc) is 3.64. The lowest BCUT2D eigenvalue weighted by atomic mass is 9.77. The zero-order valence-corrected chi connectivity index (χ0v) is 39.9. The number of fused-ring (bicyclic) bond motifs is 1. The normalized spacial score (nSPS) is 21.6. The molecule has 0 spiro atoms. The van der Waals surface area contributed by atoms with Crippen LogP contribution in [0.1, 0.15) is 109 Å². The number of nitrogens with zero attached hydrogens (tertiary/aromatic N) is 2. The monoisotopic (exact) mass is 968 g/mol. The summed E-state index contributed by atoms with van der Waals surface area (Å²) in [6.07, 6.45) is 7.81. The molecule has 3 fully saturated rings. The quantitative estimate of drug-likeness (QED) is 0.0805. The van der Waals surface area contributed by atoms with Crippen LogP contribution in [0.5, 0.6) is 17.2 Å². The number of hydrogen-bond acceptors (Lipinski definition) is 9. The molecule has 366 valence electrons. The predicted molar refractivity (Wildman–Crippen MR) is 257 cm³/mol. The highest BCUT2D eigenvalue weighted by atomic mass is 35.5. The summed E-state index contributed by atoms with van der Waals surface area (Å²) in [7, 11) is 2.78. The lowest BCUT2D eigenvalue weighted by Crippen LogP contribution is -2.49. The van der Waals surface area contributed by atoms with Gasteiger partial charge in [0, 0.05) is 85.3 Å². The molecule has 4 aliphatic rings. The number of rotatable bonds is 16. The van der Waals surface area contributed by atoms with Crippen molar-refractivity contribution in [2.24, 2.45) is 17.6 Å². The second kappa shape index (κ2) is 21.2. The third kappa shape index (κ3) is 10.1. The molecule has 0 bridgehead atoms. The smallest absolute Gasteiger partial charge is 0.328 e. The second-order valence-electron chi connectivity index (χ2n) is 18.5.